The number of hydrogen-bond donors (Lipinski definition) is 1. The van der Waals surface area contributed by atoms with Gasteiger partial charge in [-0.15, -0.1) is 0 Å². The van der Waals surface area contributed by atoms with Crippen molar-refractivity contribution in [3.05, 3.63) is 63.7 Å². The molecule has 2 aromatic rings. The van der Waals surface area contributed by atoms with Gasteiger partial charge in [-0.1, -0.05) is 32.9 Å². The van der Waals surface area contributed by atoms with E-state index in [0.717, 1.165) is 5.56 Å². The van der Waals surface area contributed by atoms with Crippen molar-refractivity contribution >= 4 is 17.3 Å². The predicted octanol–water partition coefficient (Wildman–Crippen LogP) is 4.15. The fraction of sp³-hybridized carbons (Fsp3) is 0.278. The molecule has 0 fully saturated rings. The van der Waals surface area contributed by atoms with E-state index in [1.807, 2.05) is 12.1 Å². The fourth-order valence-electron chi connectivity index (χ4n) is 2.24. The van der Waals surface area contributed by atoms with E-state index in [1.165, 1.54) is 19.2 Å². The largest absolute Gasteiger partial charge is 0.490 e. The lowest BCUT2D eigenvalue weighted by atomic mass is 9.87. The second kappa shape index (κ2) is 6.70. The molecule has 0 bridgehead atoms. The molecule has 0 aliphatic heterocycles. The summed E-state index contributed by atoms with van der Waals surface area (Å²) in [6, 6.07) is 11.6. The van der Waals surface area contributed by atoms with E-state index in [0.29, 0.717) is 11.3 Å². The third kappa shape index (κ3) is 3.90. The third-order valence-electron chi connectivity index (χ3n) is 3.65. The van der Waals surface area contributed by atoms with Crippen molar-refractivity contribution < 1.29 is 14.5 Å². The second-order valence-corrected chi connectivity index (χ2v) is 6.43. The Balaban J connectivity index is 2.20. The van der Waals surface area contributed by atoms with Crippen LogP contribution >= 0.6 is 0 Å². The van der Waals surface area contributed by atoms with E-state index >= 15 is 0 Å². The maximum absolute atomic E-state index is 12.3. The number of benzene rings is 2. The van der Waals surface area contributed by atoms with Crippen molar-refractivity contribution in [1.29, 1.82) is 0 Å². The summed E-state index contributed by atoms with van der Waals surface area (Å²) in [5.74, 6) is -0.178. The summed E-state index contributed by atoms with van der Waals surface area (Å²) in [7, 11) is 1.36. The first-order valence-electron chi connectivity index (χ1n) is 7.46. The molecule has 0 aliphatic carbocycles. The van der Waals surface area contributed by atoms with Crippen LogP contribution in [-0.4, -0.2) is 17.9 Å². The molecule has 0 saturated carbocycles. The summed E-state index contributed by atoms with van der Waals surface area (Å²) in [6.45, 7) is 6.29. The number of anilines is 1. The van der Waals surface area contributed by atoms with Crippen molar-refractivity contribution in [3.8, 4) is 5.75 Å². The van der Waals surface area contributed by atoms with Crippen LogP contribution in [0.1, 0.15) is 36.7 Å². The van der Waals surface area contributed by atoms with Crippen LogP contribution in [0.3, 0.4) is 0 Å². The lowest BCUT2D eigenvalue weighted by Crippen LogP contribution is -2.14. The highest BCUT2D eigenvalue weighted by atomic mass is 16.6. The maximum Gasteiger partial charge on any atom is 0.312 e. The van der Waals surface area contributed by atoms with E-state index in [9.17, 15) is 14.9 Å². The number of rotatable bonds is 4. The van der Waals surface area contributed by atoms with Gasteiger partial charge in [0.15, 0.2) is 5.75 Å². The Labute approximate surface area is 140 Å². The zero-order valence-corrected chi connectivity index (χ0v) is 14.1. The smallest absolute Gasteiger partial charge is 0.312 e. The lowest BCUT2D eigenvalue weighted by molar-refractivity contribution is -0.385. The highest BCUT2D eigenvalue weighted by molar-refractivity contribution is 6.04. The summed E-state index contributed by atoms with van der Waals surface area (Å²) < 4.78 is 4.94. The number of amides is 1. The van der Waals surface area contributed by atoms with Crippen molar-refractivity contribution in [2.75, 3.05) is 12.4 Å². The minimum Gasteiger partial charge on any atom is -0.490 e. The minimum atomic E-state index is -0.549. The number of carbonyl (C=O) groups excluding carboxylic acids is 1. The maximum atomic E-state index is 12.3. The van der Waals surface area contributed by atoms with Crippen LogP contribution in [0.4, 0.5) is 11.4 Å². The number of nitrogens with zero attached hydrogens (tertiary/aromatic N) is 1. The lowest BCUT2D eigenvalue weighted by Gasteiger charge is -2.19. The van der Waals surface area contributed by atoms with Crippen molar-refractivity contribution in [1.82, 2.24) is 0 Å². The number of hydrogen-bond acceptors (Lipinski definition) is 4. The Kier molecular flexibility index (Phi) is 4.87. The standard InChI is InChI=1S/C18H20N2O4/c1-18(2,3)13-7-5-12(6-8-13)17(21)19-14-9-10-16(24-4)15(11-14)20(22)23/h5-11H,1-4H3,(H,19,21). The number of ether oxygens (including phenoxy) is 1. The van der Waals surface area contributed by atoms with Crippen molar-refractivity contribution in [3.63, 3.8) is 0 Å². The Morgan fingerprint density at radius 2 is 1.75 bits per heavy atom. The molecule has 2 aromatic carbocycles. The first-order chi connectivity index (χ1) is 11.2. The van der Waals surface area contributed by atoms with Gasteiger partial charge in [-0.25, -0.2) is 0 Å². The van der Waals surface area contributed by atoms with Gasteiger partial charge >= 0.3 is 5.69 Å². The zero-order chi connectivity index (χ0) is 17.9. The van der Waals surface area contributed by atoms with Gasteiger partial charge in [0, 0.05) is 17.3 Å². The molecule has 0 heterocycles. The third-order valence-corrected chi connectivity index (χ3v) is 3.65. The fourth-order valence-corrected chi connectivity index (χ4v) is 2.24. The van der Waals surface area contributed by atoms with Crippen LogP contribution in [0.2, 0.25) is 0 Å². The average molecular weight is 328 g/mol. The van der Waals surface area contributed by atoms with Gasteiger partial charge in [0.25, 0.3) is 5.91 Å². The van der Waals surface area contributed by atoms with Crippen LogP contribution in [0.25, 0.3) is 0 Å². The molecular weight excluding hydrogens is 308 g/mol. The van der Waals surface area contributed by atoms with Gasteiger partial charge in [-0.2, -0.15) is 0 Å². The summed E-state index contributed by atoms with van der Waals surface area (Å²) in [6.07, 6.45) is 0. The van der Waals surface area contributed by atoms with E-state index in [-0.39, 0.29) is 22.8 Å². The van der Waals surface area contributed by atoms with Gasteiger partial charge in [0.1, 0.15) is 0 Å². The topological polar surface area (TPSA) is 81.5 Å². The molecule has 0 spiro atoms. The highest BCUT2D eigenvalue weighted by Crippen LogP contribution is 2.30. The molecule has 0 aromatic heterocycles. The summed E-state index contributed by atoms with van der Waals surface area (Å²) in [5.41, 5.74) is 1.76. The normalized spacial score (nSPS) is 11.0. The number of nitro benzene ring substituents is 1. The van der Waals surface area contributed by atoms with Gasteiger partial charge in [0.05, 0.1) is 12.0 Å². The van der Waals surface area contributed by atoms with Crippen molar-refractivity contribution in [2.24, 2.45) is 0 Å². The van der Waals surface area contributed by atoms with E-state index in [2.05, 4.69) is 26.1 Å². The molecule has 1 amide bonds. The van der Waals surface area contributed by atoms with Gasteiger partial charge in [-0.3, -0.25) is 14.9 Å². The molecule has 0 radical (unpaired) electrons. The Hall–Kier alpha value is -2.89. The monoisotopic (exact) mass is 328 g/mol. The quantitative estimate of drug-likeness (QED) is 0.675. The molecule has 0 atom stereocenters. The number of carbonyl (C=O) groups is 1. The molecule has 0 unspecified atom stereocenters. The predicted molar refractivity (Wildman–Crippen MR) is 92.7 cm³/mol. The SMILES string of the molecule is COc1ccc(NC(=O)c2ccc(C(C)(C)C)cc2)cc1[N+](=O)[O-]. The number of nitrogens with one attached hydrogen (secondary N) is 1. The van der Waals surface area contributed by atoms with E-state index in [4.69, 9.17) is 4.74 Å². The molecule has 0 saturated heterocycles. The van der Waals surface area contributed by atoms with Crippen LogP contribution < -0.4 is 10.1 Å². The summed E-state index contributed by atoms with van der Waals surface area (Å²) in [5, 5.41) is 13.7. The first kappa shape index (κ1) is 17.5. The number of methoxy groups -OCH3 is 1. The Morgan fingerprint density at radius 3 is 2.25 bits per heavy atom. The van der Waals surface area contributed by atoms with E-state index < -0.39 is 4.92 Å². The zero-order valence-electron chi connectivity index (χ0n) is 14.1. The molecular formula is C18H20N2O4. The molecule has 6 nitrogen and oxygen atoms in total. The summed E-state index contributed by atoms with van der Waals surface area (Å²) in [4.78, 5) is 22.8. The van der Waals surface area contributed by atoms with Gasteiger partial charge in [0.2, 0.25) is 0 Å². The average Bonchev–Trinajstić information content (AvgIpc) is 2.54. The Morgan fingerprint density at radius 1 is 1.12 bits per heavy atom. The van der Waals surface area contributed by atoms with Gasteiger partial charge < -0.3 is 10.1 Å². The molecule has 126 valence electrons. The van der Waals surface area contributed by atoms with Crippen LogP contribution in [-0.2, 0) is 5.41 Å². The molecule has 6 heteroatoms. The molecule has 24 heavy (non-hydrogen) atoms. The van der Waals surface area contributed by atoms with Crippen LogP contribution in [0.15, 0.2) is 42.5 Å². The molecule has 2 rings (SSSR count). The number of nitro groups is 1. The van der Waals surface area contributed by atoms with Crippen molar-refractivity contribution in [2.45, 2.75) is 26.2 Å². The second-order valence-electron chi connectivity index (χ2n) is 6.43. The van der Waals surface area contributed by atoms with Gasteiger partial charge in [-0.05, 0) is 35.2 Å². The van der Waals surface area contributed by atoms with E-state index in [1.54, 1.807) is 18.2 Å². The minimum absolute atomic E-state index is 0.00556. The van der Waals surface area contributed by atoms with Crippen LogP contribution in [0.5, 0.6) is 5.75 Å². The first-order valence-corrected chi connectivity index (χ1v) is 7.46. The molecule has 1 N–H and O–H groups in total. The summed E-state index contributed by atoms with van der Waals surface area (Å²) >= 11 is 0. The van der Waals surface area contributed by atoms with Crippen LogP contribution in [0, 0.1) is 10.1 Å². The molecule has 0 aliphatic rings. The highest BCUT2D eigenvalue weighted by Gasteiger charge is 2.17. The Bertz CT molecular complexity index is 762.